The van der Waals surface area contributed by atoms with Crippen molar-refractivity contribution >= 4 is 39.7 Å². The molecule has 20 heavy (non-hydrogen) atoms. The highest BCUT2D eigenvalue weighted by atomic mass is 79.9. The molecule has 0 radical (unpaired) electrons. The van der Waals surface area contributed by atoms with E-state index in [1.54, 1.807) is 0 Å². The molecule has 100 valence electrons. The minimum Gasteiger partial charge on any atom is -0.267 e. The van der Waals surface area contributed by atoms with E-state index in [-0.39, 0.29) is 0 Å². The van der Waals surface area contributed by atoms with Crippen LogP contribution >= 0.6 is 39.7 Å². The van der Waals surface area contributed by atoms with E-state index in [9.17, 15) is 0 Å². The lowest BCUT2D eigenvalue weighted by atomic mass is 10.2. The van der Waals surface area contributed by atoms with Gasteiger partial charge in [0.05, 0.1) is 5.69 Å². The van der Waals surface area contributed by atoms with Gasteiger partial charge in [-0.15, -0.1) is 0 Å². The normalized spacial score (nSPS) is 10.7. The highest BCUT2D eigenvalue weighted by Crippen LogP contribution is 2.28. The van der Waals surface area contributed by atoms with E-state index in [0.717, 1.165) is 21.5 Å². The van der Waals surface area contributed by atoms with Gasteiger partial charge in [0.2, 0.25) is 0 Å². The zero-order valence-electron chi connectivity index (χ0n) is 10.2. The Morgan fingerprint density at radius 2 is 1.90 bits per heavy atom. The SMILES string of the molecule is S=c1[nH]nc(-c2ccccc2)n1-c1ccc(Cl)cc1Br. The first-order chi connectivity index (χ1) is 9.66. The summed E-state index contributed by atoms with van der Waals surface area (Å²) in [6, 6.07) is 15.4. The molecule has 1 aromatic heterocycles. The number of halogens is 2. The number of rotatable bonds is 2. The Hall–Kier alpha value is -1.43. The van der Waals surface area contributed by atoms with Crippen molar-refractivity contribution in [2.24, 2.45) is 0 Å². The van der Waals surface area contributed by atoms with Gasteiger partial charge in [-0.1, -0.05) is 41.9 Å². The van der Waals surface area contributed by atoms with Crippen LogP contribution in [0.4, 0.5) is 0 Å². The Morgan fingerprint density at radius 1 is 1.15 bits per heavy atom. The van der Waals surface area contributed by atoms with Gasteiger partial charge < -0.3 is 0 Å². The number of hydrogen-bond donors (Lipinski definition) is 1. The van der Waals surface area contributed by atoms with E-state index in [0.29, 0.717) is 9.79 Å². The largest absolute Gasteiger partial charge is 0.267 e. The predicted molar refractivity (Wildman–Crippen MR) is 86.9 cm³/mol. The van der Waals surface area contributed by atoms with E-state index < -0.39 is 0 Å². The average molecular weight is 367 g/mol. The minimum atomic E-state index is 0.534. The highest BCUT2D eigenvalue weighted by Gasteiger charge is 2.12. The fourth-order valence-electron chi connectivity index (χ4n) is 1.96. The molecule has 1 heterocycles. The van der Waals surface area contributed by atoms with Crippen molar-refractivity contribution in [3.8, 4) is 17.1 Å². The molecule has 3 nitrogen and oxygen atoms in total. The third-order valence-corrected chi connectivity index (χ3v) is 4.00. The van der Waals surface area contributed by atoms with Crippen LogP contribution in [0.5, 0.6) is 0 Å². The summed E-state index contributed by atoms with van der Waals surface area (Å²) in [5.74, 6) is 0.763. The topological polar surface area (TPSA) is 33.6 Å². The molecule has 2 aromatic carbocycles. The van der Waals surface area contributed by atoms with E-state index in [1.165, 1.54) is 0 Å². The monoisotopic (exact) mass is 365 g/mol. The average Bonchev–Trinajstić information content (AvgIpc) is 2.82. The van der Waals surface area contributed by atoms with Crippen LogP contribution in [0.15, 0.2) is 53.0 Å². The Morgan fingerprint density at radius 3 is 2.60 bits per heavy atom. The van der Waals surface area contributed by atoms with Crippen LogP contribution in [-0.4, -0.2) is 14.8 Å². The first-order valence-electron chi connectivity index (χ1n) is 5.85. The smallest absolute Gasteiger partial charge is 0.200 e. The zero-order chi connectivity index (χ0) is 14.1. The standard InChI is InChI=1S/C14H9BrClN3S/c15-11-8-10(16)6-7-12(11)19-13(17-18-14(19)20)9-4-2-1-3-5-9/h1-8H,(H,18,20). The number of hydrogen-bond acceptors (Lipinski definition) is 2. The molecule has 3 aromatic rings. The van der Waals surface area contributed by atoms with Gasteiger partial charge in [0.1, 0.15) is 0 Å². The molecule has 6 heteroatoms. The Labute approximate surface area is 134 Å². The molecule has 3 rings (SSSR count). The van der Waals surface area contributed by atoms with Crippen molar-refractivity contribution in [1.82, 2.24) is 14.8 Å². The molecule has 0 bridgehead atoms. The third kappa shape index (κ3) is 2.44. The summed E-state index contributed by atoms with van der Waals surface area (Å²) >= 11 is 14.8. The number of H-pyrrole nitrogens is 1. The van der Waals surface area contributed by atoms with Crippen molar-refractivity contribution < 1.29 is 0 Å². The lowest BCUT2D eigenvalue weighted by molar-refractivity contribution is 1.03. The zero-order valence-corrected chi connectivity index (χ0v) is 13.3. The van der Waals surface area contributed by atoms with Gasteiger partial charge >= 0.3 is 0 Å². The highest BCUT2D eigenvalue weighted by molar-refractivity contribution is 9.10. The molecule has 0 aliphatic rings. The summed E-state index contributed by atoms with van der Waals surface area (Å²) in [5.41, 5.74) is 1.88. The summed E-state index contributed by atoms with van der Waals surface area (Å²) < 4.78 is 3.27. The van der Waals surface area contributed by atoms with E-state index in [1.807, 2.05) is 53.1 Å². The number of nitrogens with one attached hydrogen (secondary N) is 1. The van der Waals surface area contributed by atoms with Crippen LogP contribution in [0.3, 0.4) is 0 Å². The van der Waals surface area contributed by atoms with Crippen LogP contribution in [0.25, 0.3) is 17.1 Å². The van der Waals surface area contributed by atoms with Crippen LogP contribution < -0.4 is 0 Å². The fraction of sp³-hybridized carbons (Fsp3) is 0. The lowest BCUT2D eigenvalue weighted by Gasteiger charge is -2.09. The summed E-state index contributed by atoms with van der Waals surface area (Å²) in [6.45, 7) is 0. The molecule has 0 atom stereocenters. The third-order valence-electron chi connectivity index (χ3n) is 2.85. The van der Waals surface area contributed by atoms with Crippen molar-refractivity contribution in [3.05, 3.63) is 62.8 Å². The summed E-state index contributed by atoms with van der Waals surface area (Å²) in [6.07, 6.45) is 0. The van der Waals surface area contributed by atoms with Crippen molar-refractivity contribution in [3.63, 3.8) is 0 Å². The molecule has 0 spiro atoms. The van der Waals surface area contributed by atoms with Crippen LogP contribution in [0.2, 0.25) is 5.02 Å². The maximum atomic E-state index is 5.99. The number of nitrogens with zero attached hydrogens (tertiary/aromatic N) is 2. The van der Waals surface area contributed by atoms with Gasteiger partial charge in [0.25, 0.3) is 0 Å². The van der Waals surface area contributed by atoms with Gasteiger partial charge in [-0.2, -0.15) is 5.10 Å². The van der Waals surface area contributed by atoms with Crippen LogP contribution in [0.1, 0.15) is 0 Å². The Kier molecular flexibility index (Phi) is 3.74. The van der Waals surface area contributed by atoms with Gasteiger partial charge in [-0.3, -0.25) is 9.67 Å². The van der Waals surface area contributed by atoms with E-state index in [2.05, 4.69) is 26.1 Å². The molecular weight excluding hydrogens is 358 g/mol. The van der Waals surface area contributed by atoms with Gasteiger partial charge in [-0.25, -0.2) is 0 Å². The predicted octanol–water partition coefficient (Wildman–Crippen LogP) is 5.01. The number of aromatic amines is 1. The number of benzene rings is 2. The summed E-state index contributed by atoms with van der Waals surface area (Å²) in [7, 11) is 0. The summed E-state index contributed by atoms with van der Waals surface area (Å²) in [4.78, 5) is 0. The second kappa shape index (κ2) is 5.52. The molecule has 0 amide bonds. The number of aromatic nitrogens is 3. The van der Waals surface area contributed by atoms with Crippen LogP contribution in [-0.2, 0) is 0 Å². The molecule has 0 fully saturated rings. The van der Waals surface area contributed by atoms with Crippen molar-refractivity contribution in [2.75, 3.05) is 0 Å². The molecule has 0 saturated heterocycles. The molecule has 0 aliphatic carbocycles. The first-order valence-corrected chi connectivity index (χ1v) is 7.43. The molecule has 0 saturated carbocycles. The second-order valence-corrected chi connectivity index (χ2v) is 5.83. The van der Waals surface area contributed by atoms with E-state index in [4.69, 9.17) is 23.8 Å². The van der Waals surface area contributed by atoms with Gasteiger partial charge in [0, 0.05) is 15.1 Å². The fourth-order valence-corrected chi connectivity index (χ4v) is 3.05. The summed E-state index contributed by atoms with van der Waals surface area (Å²) in [5, 5.41) is 7.82. The van der Waals surface area contributed by atoms with E-state index >= 15 is 0 Å². The second-order valence-electron chi connectivity index (χ2n) is 4.15. The minimum absolute atomic E-state index is 0.534. The van der Waals surface area contributed by atoms with Gasteiger partial charge in [-0.05, 0) is 46.3 Å². The Balaban J connectivity index is 2.25. The van der Waals surface area contributed by atoms with Crippen molar-refractivity contribution in [2.45, 2.75) is 0 Å². The lowest BCUT2D eigenvalue weighted by Crippen LogP contribution is -1.98. The Bertz CT molecular complexity index is 811. The molecule has 0 unspecified atom stereocenters. The quantitative estimate of drug-likeness (QED) is 0.647. The van der Waals surface area contributed by atoms with Crippen LogP contribution in [0, 0.1) is 4.77 Å². The maximum Gasteiger partial charge on any atom is 0.200 e. The molecule has 1 N–H and O–H groups in total. The molecular formula is C14H9BrClN3S. The van der Waals surface area contributed by atoms with Crippen molar-refractivity contribution in [1.29, 1.82) is 0 Å². The maximum absolute atomic E-state index is 5.99. The molecule has 0 aliphatic heterocycles. The van der Waals surface area contributed by atoms with Gasteiger partial charge in [0.15, 0.2) is 10.6 Å². The first kappa shape index (κ1) is 13.5.